The molecule has 2 nitrogen and oxygen atoms in total. The van der Waals surface area contributed by atoms with Crippen molar-refractivity contribution in [2.24, 2.45) is 0 Å². The van der Waals surface area contributed by atoms with Gasteiger partial charge in [0.1, 0.15) is 11.2 Å². The van der Waals surface area contributed by atoms with Crippen molar-refractivity contribution in [1.82, 2.24) is 0 Å². The fourth-order valence-corrected chi connectivity index (χ4v) is 9.16. The first-order valence-electron chi connectivity index (χ1n) is 19.6. The summed E-state index contributed by atoms with van der Waals surface area (Å²) in [6.07, 6.45) is 0. The first-order valence-corrected chi connectivity index (χ1v) is 19.6. The molecule has 0 aliphatic heterocycles. The fraction of sp³-hybridized carbons (Fsp3) is 0.0182. The lowest BCUT2D eigenvalue weighted by Gasteiger charge is -2.35. The molecule has 0 unspecified atom stereocenters. The van der Waals surface area contributed by atoms with Crippen LogP contribution in [0.4, 0.5) is 17.1 Å². The van der Waals surface area contributed by atoms with Crippen LogP contribution in [0.15, 0.2) is 229 Å². The smallest absolute Gasteiger partial charge is 0.135 e. The van der Waals surface area contributed by atoms with Crippen molar-refractivity contribution >= 4 is 39.0 Å². The number of nitrogens with zero attached hydrogens (tertiary/aromatic N) is 1. The Labute approximate surface area is 332 Å². The fourth-order valence-electron chi connectivity index (χ4n) is 9.16. The van der Waals surface area contributed by atoms with E-state index in [1.165, 1.54) is 55.6 Å². The van der Waals surface area contributed by atoms with Crippen molar-refractivity contribution in [3.05, 3.63) is 247 Å². The molecule has 2 heteroatoms. The Balaban J connectivity index is 1.10. The summed E-state index contributed by atoms with van der Waals surface area (Å²) in [5, 5.41) is 2.21. The Morgan fingerprint density at radius 3 is 1.47 bits per heavy atom. The molecule has 0 bridgehead atoms. The van der Waals surface area contributed by atoms with Gasteiger partial charge < -0.3 is 9.32 Å². The van der Waals surface area contributed by atoms with Gasteiger partial charge in [0.15, 0.2) is 0 Å². The Kier molecular flexibility index (Phi) is 7.75. The molecule has 11 rings (SSSR count). The number of para-hydroxylation sites is 1. The van der Waals surface area contributed by atoms with E-state index in [2.05, 4.69) is 217 Å². The zero-order valence-electron chi connectivity index (χ0n) is 31.2. The van der Waals surface area contributed by atoms with E-state index in [0.29, 0.717) is 0 Å². The van der Waals surface area contributed by atoms with Crippen molar-refractivity contribution < 1.29 is 4.42 Å². The highest BCUT2D eigenvalue weighted by Gasteiger charge is 2.46. The number of anilines is 3. The summed E-state index contributed by atoms with van der Waals surface area (Å²) in [4.78, 5) is 2.40. The van der Waals surface area contributed by atoms with Crippen LogP contribution in [0.5, 0.6) is 0 Å². The molecule has 10 aromatic rings. The Hall–Kier alpha value is -7.42. The molecule has 0 radical (unpaired) electrons. The first kappa shape index (κ1) is 33.0. The number of benzene rings is 9. The van der Waals surface area contributed by atoms with Gasteiger partial charge in [0.25, 0.3) is 0 Å². The molecule has 0 fully saturated rings. The maximum Gasteiger partial charge on any atom is 0.135 e. The number of furan rings is 1. The highest BCUT2D eigenvalue weighted by atomic mass is 16.3. The Morgan fingerprint density at radius 2 is 0.789 bits per heavy atom. The zero-order chi connectivity index (χ0) is 37.8. The lowest BCUT2D eigenvalue weighted by molar-refractivity contribution is 0.669. The van der Waals surface area contributed by atoms with Crippen LogP contribution in [0.1, 0.15) is 22.3 Å². The number of hydrogen-bond donors (Lipinski definition) is 0. The molecule has 0 saturated carbocycles. The molecule has 1 aliphatic rings. The van der Waals surface area contributed by atoms with Gasteiger partial charge in [0, 0.05) is 27.8 Å². The summed E-state index contributed by atoms with van der Waals surface area (Å²) in [5.41, 5.74) is 16.9. The second kappa shape index (κ2) is 13.4. The topological polar surface area (TPSA) is 16.4 Å². The van der Waals surface area contributed by atoms with Crippen molar-refractivity contribution in [2.45, 2.75) is 5.41 Å². The lowest BCUT2D eigenvalue weighted by Crippen LogP contribution is -2.28. The normalized spacial score (nSPS) is 12.7. The second-order valence-electron chi connectivity index (χ2n) is 14.9. The summed E-state index contributed by atoms with van der Waals surface area (Å²) in [6.45, 7) is 0. The molecule has 1 aromatic heterocycles. The minimum atomic E-state index is -0.503. The van der Waals surface area contributed by atoms with E-state index in [4.69, 9.17) is 4.42 Å². The standard InChI is InChI=1S/C55H37NO/c1-4-14-38(15-5-1)39-24-26-40(27-25-39)41-28-30-44(31-29-41)56(45-33-35-54-50(36-45)49-21-11-13-23-53(49)57-54)46-32-34-48-47-20-10-12-22-51(47)55(52(48)37-46,42-16-6-2-7-17-42)43-18-8-3-9-19-43/h1-37H. The van der Waals surface area contributed by atoms with E-state index in [1.807, 2.05) is 12.1 Å². The van der Waals surface area contributed by atoms with Crippen molar-refractivity contribution in [1.29, 1.82) is 0 Å². The van der Waals surface area contributed by atoms with E-state index in [1.54, 1.807) is 0 Å². The van der Waals surface area contributed by atoms with Crippen LogP contribution in [-0.2, 0) is 5.41 Å². The monoisotopic (exact) mass is 727 g/mol. The van der Waals surface area contributed by atoms with Gasteiger partial charge in [-0.3, -0.25) is 0 Å². The number of rotatable bonds is 7. The molecule has 57 heavy (non-hydrogen) atoms. The first-order chi connectivity index (χ1) is 28.3. The molecule has 268 valence electrons. The van der Waals surface area contributed by atoms with Crippen LogP contribution in [0.3, 0.4) is 0 Å². The van der Waals surface area contributed by atoms with Crippen LogP contribution in [0.2, 0.25) is 0 Å². The van der Waals surface area contributed by atoms with Gasteiger partial charge in [-0.2, -0.15) is 0 Å². The maximum absolute atomic E-state index is 6.30. The van der Waals surface area contributed by atoms with Gasteiger partial charge in [-0.05, 0) is 104 Å². The Bertz CT molecular complexity index is 3000. The third kappa shape index (κ3) is 5.33. The molecule has 0 N–H and O–H groups in total. The minimum Gasteiger partial charge on any atom is -0.456 e. The molecular weight excluding hydrogens is 691 g/mol. The Morgan fingerprint density at radius 1 is 0.316 bits per heavy atom. The molecular formula is C55H37NO. The van der Waals surface area contributed by atoms with Gasteiger partial charge in [-0.15, -0.1) is 0 Å². The van der Waals surface area contributed by atoms with Crippen LogP contribution in [-0.4, -0.2) is 0 Å². The molecule has 1 aliphatic carbocycles. The quantitative estimate of drug-likeness (QED) is 0.163. The predicted octanol–water partition coefficient (Wildman–Crippen LogP) is 14.8. The summed E-state index contributed by atoms with van der Waals surface area (Å²) in [5.74, 6) is 0. The maximum atomic E-state index is 6.30. The SMILES string of the molecule is c1ccc(-c2ccc(-c3ccc(N(c4ccc5c(c4)C(c4ccccc4)(c4ccccc4)c4ccccc4-5)c4ccc5oc6ccccc6c5c4)cc3)cc2)cc1. The molecule has 0 spiro atoms. The lowest BCUT2D eigenvalue weighted by atomic mass is 9.67. The molecule has 1 heterocycles. The largest absolute Gasteiger partial charge is 0.456 e. The zero-order valence-corrected chi connectivity index (χ0v) is 31.2. The van der Waals surface area contributed by atoms with Crippen molar-refractivity contribution in [3.8, 4) is 33.4 Å². The van der Waals surface area contributed by atoms with Gasteiger partial charge in [-0.1, -0.05) is 176 Å². The van der Waals surface area contributed by atoms with Crippen LogP contribution in [0, 0.1) is 0 Å². The third-order valence-electron chi connectivity index (χ3n) is 11.8. The summed E-state index contributed by atoms with van der Waals surface area (Å²) >= 11 is 0. The number of hydrogen-bond acceptors (Lipinski definition) is 2. The average Bonchev–Trinajstić information content (AvgIpc) is 3.81. The van der Waals surface area contributed by atoms with E-state index in [-0.39, 0.29) is 0 Å². The van der Waals surface area contributed by atoms with Gasteiger partial charge in [-0.25, -0.2) is 0 Å². The van der Waals surface area contributed by atoms with Crippen LogP contribution < -0.4 is 4.90 Å². The summed E-state index contributed by atoms with van der Waals surface area (Å²) in [7, 11) is 0. The van der Waals surface area contributed by atoms with Crippen molar-refractivity contribution in [3.63, 3.8) is 0 Å². The summed E-state index contributed by atoms with van der Waals surface area (Å²) < 4.78 is 6.30. The van der Waals surface area contributed by atoms with Crippen LogP contribution >= 0.6 is 0 Å². The van der Waals surface area contributed by atoms with Crippen molar-refractivity contribution in [2.75, 3.05) is 4.90 Å². The van der Waals surface area contributed by atoms with Gasteiger partial charge in [0.05, 0.1) is 5.41 Å². The van der Waals surface area contributed by atoms with Gasteiger partial charge in [0.2, 0.25) is 0 Å². The summed E-state index contributed by atoms with van der Waals surface area (Å²) in [6, 6.07) is 81.3. The molecule has 9 aromatic carbocycles. The third-order valence-corrected chi connectivity index (χ3v) is 11.8. The van der Waals surface area contributed by atoms with E-state index in [0.717, 1.165) is 39.0 Å². The molecule has 0 atom stereocenters. The van der Waals surface area contributed by atoms with E-state index < -0.39 is 5.41 Å². The van der Waals surface area contributed by atoms with Crippen LogP contribution in [0.25, 0.3) is 55.3 Å². The molecule has 0 amide bonds. The average molecular weight is 728 g/mol. The molecule has 0 saturated heterocycles. The minimum absolute atomic E-state index is 0.503. The van der Waals surface area contributed by atoms with E-state index >= 15 is 0 Å². The predicted molar refractivity (Wildman–Crippen MR) is 237 cm³/mol. The second-order valence-corrected chi connectivity index (χ2v) is 14.9. The number of fused-ring (bicyclic) bond motifs is 6. The van der Waals surface area contributed by atoms with E-state index in [9.17, 15) is 0 Å². The van der Waals surface area contributed by atoms with Gasteiger partial charge >= 0.3 is 0 Å². The highest BCUT2D eigenvalue weighted by Crippen LogP contribution is 2.57. The highest BCUT2D eigenvalue weighted by molar-refractivity contribution is 6.06.